The van der Waals surface area contributed by atoms with Crippen molar-refractivity contribution in [3.8, 4) is 0 Å². The Morgan fingerprint density at radius 1 is 1.24 bits per heavy atom. The normalized spacial score (nSPS) is 19.5. The maximum absolute atomic E-state index is 11.8. The minimum Gasteiger partial charge on any atom is -0.370 e. The molecule has 1 heterocycles. The molecule has 0 aliphatic carbocycles. The van der Waals surface area contributed by atoms with Crippen molar-refractivity contribution < 1.29 is 4.79 Å². The lowest BCUT2D eigenvalue weighted by Gasteiger charge is -2.38. The molecule has 0 bridgehead atoms. The first kappa shape index (κ1) is 12.2. The van der Waals surface area contributed by atoms with Gasteiger partial charge >= 0.3 is 0 Å². The smallest absolute Gasteiger partial charge is 0.142 e. The van der Waals surface area contributed by atoms with E-state index in [1.54, 1.807) is 0 Å². The first-order valence-electron chi connectivity index (χ1n) is 6.40. The Hall–Kier alpha value is -1.31. The van der Waals surface area contributed by atoms with Crippen LogP contribution in [0.1, 0.15) is 32.8 Å². The van der Waals surface area contributed by atoms with Crippen LogP contribution in [0.5, 0.6) is 0 Å². The zero-order chi connectivity index (χ0) is 12.5. The second kappa shape index (κ2) is 4.52. The number of carbonyl (C=O) groups excluding carboxylic acids is 1. The van der Waals surface area contributed by atoms with E-state index >= 15 is 0 Å². The van der Waals surface area contributed by atoms with Gasteiger partial charge in [0.1, 0.15) is 5.78 Å². The molecule has 2 nitrogen and oxygen atoms in total. The van der Waals surface area contributed by atoms with Crippen LogP contribution >= 0.6 is 0 Å². The molecular weight excluding hydrogens is 210 g/mol. The third-order valence-electron chi connectivity index (χ3n) is 3.66. The molecule has 0 aromatic heterocycles. The fourth-order valence-electron chi connectivity index (χ4n) is 2.38. The van der Waals surface area contributed by atoms with Crippen molar-refractivity contribution in [3.05, 3.63) is 29.8 Å². The summed E-state index contributed by atoms with van der Waals surface area (Å²) in [5, 5.41) is 0. The molecule has 0 atom stereocenters. The summed E-state index contributed by atoms with van der Waals surface area (Å²) >= 11 is 0. The Morgan fingerprint density at radius 3 is 2.41 bits per heavy atom. The number of benzene rings is 1. The molecule has 0 amide bonds. The fourth-order valence-corrected chi connectivity index (χ4v) is 2.38. The van der Waals surface area contributed by atoms with Crippen molar-refractivity contribution in [2.45, 2.75) is 33.6 Å². The molecule has 0 spiro atoms. The van der Waals surface area contributed by atoms with Crippen LogP contribution in [0.4, 0.5) is 5.69 Å². The highest BCUT2D eigenvalue weighted by Crippen LogP contribution is 2.29. The van der Waals surface area contributed by atoms with Crippen LogP contribution in [0.25, 0.3) is 0 Å². The van der Waals surface area contributed by atoms with Crippen LogP contribution in [0, 0.1) is 5.41 Å². The number of rotatable bonds is 2. The molecule has 0 N–H and O–H groups in total. The van der Waals surface area contributed by atoms with Crippen LogP contribution < -0.4 is 4.90 Å². The van der Waals surface area contributed by atoms with Crippen molar-refractivity contribution in [1.82, 2.24) is 0 Å². The van der Waals surface area contributed by atoms with Crippen molar-refractivity contribution in [2.24, 2.45) is 5.41 Å². The van der Waals surface area contributed by atoms with E-state index < -0.39 is 0 Å². The highest BCUT2D eigenvalue weighted by molar-refractivity contribution is 5.86. The minimum absolute atomic E-state index is 0.207. The van der Waals surface area contributed by atoms with Crippen molar-refractivity contribution in [1.29, 1.82) is 0 Å². The maximum Gasteiger partial charge on any atom is 0.142 e. The van der Waals surface area contributed by atoms with E-state index in [9.17, 15) is 4.79 Å². The third kappa shape index (κ3) is 2.51. The summed E-state index contributed by atoms with van der Waals surface area (Å²) in [4.78, 5) is 14.1. The Labute approximate surface area is 104 Å². The molecule has 1 aromatic carbocycles. The number of piperidine rings is 1. The molecule has 0 saturated carbocycles. The highest BCUT2D eigenvalue weighted by atomic mass is 16.1. The number of carbonyl (C=O) groups is 1. The Balaban J connectivity index is 2.15. The van der Waals surface area contributed by atoms with Gasteiger partial charge in [0, 0.05) is 30.6 Å². The molecule has 1 fully saturated rings. The second-order valence-electron chi connectivity index (χ2n) is 5.50. The van der Waals surface area contributed by atoms with E-state index in [1.807, 2.05) is 13.8 Å². The third-order valence-corrected chi connectivity index (χ3v) is 3.66. The lowest BCUT2D eigenvalue weighted by molar-refractivity contribution is -0.127. The maximum atomic E-state index is 11.8. The summed E-state index contributed by atoms with van der Waals surface area (Å²) in [6.07, 6.45) is 1.74. The van der Waals surface area contributed by atoms with Crippen LogP contribution in [0.2, 0.25) is 0 Å². The highest BCUT2D eigenvalue weighted by Gasteiger charge is 2.34. The minimum atomic E-state index is -0.207. The zero-order valence-corrected chi connectivity index (χ0v) is 11.0. The fraction of sp³-hybridized carbons (Fsp3) is 0.533. The van der Waals surface area contributed by atoms with Crippen LogP contribution in [0.3, 0.4) is 0 Å². The summed E-state index contributed by atoms with van der Waals surface area (Å²) in [5.74, 6) is 0.388. The summed E-state index contributed by atoms with van der Waals surface area (Å²) in [5.41, 5.74) is 2.39. The molecule has 0 unspecified atom stereocenters. The Bertz CT molecular complexity index is 405. The predicted molar refractivity (Wildman–Crippen MR) is 71.4 cm³/mol. The molecule has 17 heavy (non-hydrogen) atoms. The summed E-state index contributed by atoms with van der Waals surface area (Å²) in [6.45, 7) is 7.94. The standard InChI is InChI=1S/C15H21NO/c1-4-12-5-7-13(8-6-12)16-10-9-14(17)15(2,3)11-16/h5-8H,4,9-11H2,1-3H3. The van der Waals surface area contributed by atoms with Gasteiger partial charge in [0.15, 0.2) is 0 Å². The number of ketones is 1. The molecule has 0 radical (unpaired) electrons. The van der Waals surface area contributed by atoms with Crippen LogP contribution in [0.15, 0.2) is 24.3 Å². The quantitative estimate of drug-likeness (QED) is 0.779. The average Bonchev–Trinajstić information content (AvgIpc) is 2.33. The van der Waals surface area contributed by atoms with Crippen LogP contribution in [-0.4, -0.2) is 18.9 Å². The number of hydrogen-bond donors (Lipinski definition) is 0. The van der Waals surface area contributed by atoms with E-state index in [2.05, 4.69) is 36.1 Å². The van der Waals surface area contributed by atoms with E-state index in [0.29, 0.717) is 12.2 Å². The van der Waals surface area contributed by atoms with Gasteiger partial charge in [-0.2, -0.15) is 0 Å². The SMILES string of the molecule is CCc1ccc(N2CCC(=O)C(C)(C)C2)cc1. The average molecular weight is 231 g/mol. The zero-order valence-electron chi connectivity index (χ0n) is 11.0. The summed E-state index contributed by atoms with van der Waals surface area (Å²) in [7, 11) is 0. The van der Waals surface area contributed by atoms with Crippen LogP contribution in [-0.2, 0) is 11.2 Å². The van der Waals surface area contributed by atoms with Crippen molar-refractivity contribution in [2.75, 3.05) is 18.0 Å². The molecule has 1 aliphatic heterocycles. The lowest BCUT2D eigenvalue weighted by atomic mass is 9.82. The van der Waals surface area contributed by atoms with E-state index in [-0.39, 0.29) is 5.41 Å². The van der Waals surface area contributed by atoms with Gasteiger partial charge in [-0.1, -0.05) is 32.9 Å². The molecule has 1 aliphatic rings. The number of nitrogens with zero attached hydrogens (tertiary/aromatic N) is 1. The van der Waals surface area contributed by atoms with Gasteiger partial charge in [0.25, 0.3) is 0 Å². The molecule has 1 aromatic rings. The largest absolute Gasteiger partial charge is 0.370 e. The van der Waals surface area contributed by atoms with Gasteiger partial charge < -0.3 is 4.90 Å². The molecule has 2 heteroatoms. The van der Waals surface area contributed by atoms with E-state index in [4.69, 9.17) is 0 Å². The number of hydrogen-bond acceptors (Lipinski definition) is 2. The molecule has 1 saturated heterocycles. The molecular formula is C15H21NO. The summed E-state index contributed by atoms with van der Waals surface area (Å²) in [6, 6.07) is 8.70. The first-order chi connectivity index (χ1) is 8.03. The number of Topliss-reactive ketones (excluding diaryl/α,β-unsaturated/α-hetero) is 1. The van der Waals surface area contributed by atoms with Gasteiger partial charge in [-0.15, -0.1) is 0 Å². The summed E-state index contributed by atoms with van der Waals surface area (Å²) < 4.78 is 0. The first-order valence-corrected chi connectivity index (χ1v) is 6.40. The van der Waals surface area contributed by atoms with Gasteiger partial charge in [0.05, 0.1) is 0 Å². The predicted octanol–water partition coefficient (Wildman–Crippen LogP) is 3.05. The Kier molecular flexibility index (Phi) is 3.23. The Morgan fingerprint density at radius 2 is 1.88 bits per heavy atom. The topological polar surface area (TPSA) is 20.3 Å². The van der Waals surface area contributed by atoms with Gasteiger partial charge in [0.2, 0.25) is 0 Å². The van der Waals surface area contributed by atoms with E-state index in [1.165, 1.54) is 11.3 Å². The molecule has 92 valence electrons. The number of anilines is 1. The molecule has 2 rings (SSSR count). The van der Waals surface area contributed by atoms with Gasteiger partial charge in [-0.25, -0.2) is 0 Å². The lowest BCUT2D eigenvalue weighted by Crippen LogP contribution is -2.46. The van der Waals surface area contributed by atoms with Crippen molar-refractivity contribution >= 4 is 11.5 Å². The number of aryl methyl sites for hydroxylation is 1. The van der Waals surface area contributed by atoms with Crippen molar-refractivity contribution in [3.63, 3.8) is 0 Å². The second-order valence-corrected chi connectivity index (χ2v) is 5.50. The van der Waals surface area contributed by atoms with Gasteiger partial charge in [-0.3, -0.25) is 4.79 Å². The monoisotopic (exact) mass is 231 g/mol. The van der Waals surface area contributed by atoms with Gasteiger partial charge in [-0.05, 0) is 24.1 Å². The van der Waals surface area contributed by atoms with E-state index in [0.717, 1.165) is 19.5 Å².